The lowest BCUT2D eigenvalue weighted by Gasteiger charge is -2.30. The maximum Gasteiger partial charge on any atom is 0.165 e. The summed E-state index contributed by atoms with van der Waals surface area (Å²) in [5.41, 5.74) is 1.13. The first-order chi connectivity index (χ1) is 9.66. The molecule has 3 nitrogen and oxygen atoms in total. The zero-order valence-electron chi connectivity index (χ0n) is 13.3. The smallest absolute Gasteiger partial charge is 0.165 e. The van der Waals surface area contributed by atoms with Gasteiger partial charge in [0.1, 0.15) is 0 Å². The Labute approximate surface area is 127 Å². The van der Waals surface area contributed by atoms with Gasteiger partial charge in [0.25, 0.3) is 0 Å². The maximum atomic E-state index is 5.46. The van der Waals surface area contributed by atoms with Crippen molar-refractivity contribution in [1.29, 1.82) is 0 Å². The van der Waals surface area contributed by atoms with Crippen LogP contribution in [0.4, 0.5) is 0 Å². The Bertz CT molecular complexity index is 397. The summed E-state index contributed by atoms with van der Waals surface area (Å²) in [4.78, 5) is 0. The average molecular weight is 297 g/mol. The summed E-state index contributed by atoms with van der Waals surface area (Å²) in [5, 5.41) is 3.57. The third-order valence-electron chi connectivity index (χ3n) is 3.97. The molecule has 0 aliphatic rings. The van der Waals surface area contributed by atoms with E-state index in [1.165, 1.54) is 12.8 Å². The van der Waals surface area contributed by atoms with Crippen molar-refractivity contribution in [3.63, 3.8) is 0 Å². The average Bonchev–Trinajstić information content (AvgIpc) is 2.51. The molecule has 0 saturated carbocycles. The Kier molecular flexibility index (Phi) is 7.24. The monoisotopic (exact) mass is 297 g/mol. The largest absolute Gasteiger partial charge is 0.493 e. The van der Waals surface area contributed by atoms with Crippen molar-refractivity contribution >= 4 is 11.8 Å². The third-order valence-corrected chi connectivity index (χ3v) is 5.56. The van der Waals surface area contributed by atoms with Crippen LogP contribution in [0.5, 0.6) is 11.5 Å². The number of hydrogen-bond donors (Lipinski definition) is 1. The Morgan fingerprint density at radius 3 is 2.35 bits per heavy atom. The zero-order chi connectivity index (χ0) is 15.0. The minimum absolute atomic E-state index is 0.325. The van der Waals surface area contributed by atoms with Gasteiger partial charge >= 0.3 is 0 Å². The molecule has 1 rings (SSSR count). The van der Waals surface area contributed by atoms with Crippen LogP contribution in [0.2, 0.25) is 0 Å². The predicted octanol–water partition coefficient (Wildman–Crippen LogP) is 3.72. The molecule has 20 heavy (non-hydrogen) atoms. The van der Waals surface area contributed by atoms with Crippen LogP contribution < -0.4 is 14.8 Å². The van der Waals surface area contributed by atoms with Crippen molar-refractivity contribution in [2.24, 2.45) is 0 Å². The topological polar surface area (TPSA) is 30.5 Å². The molecule has 0 amide bonds. The molecule has 1 aromatic rings. The van der Waals surface area contributed by atoms with Gasteiger partial charge in [0.15, 0.2) is 11.5 Å². The first-order valence-electron chi connectivity index (χ1n) is 7.12. The number of ether oxygens (including phenoxy) is 2. The number of hydrogen-bond acceptors (Lipinski definition) is 4. The fourth-order valence-electron chi connectivity index (χ4n) is 2.38. The van der Waals surface area contributed by atoms with Crippen molar-refractivity contribution in [2.75, 3.05) is 27.0 Å². The van der Waals surface area contributed by atoms with Crippen molar-refractivity contribution in [3.8, 4) is 11.5 Å². The van der Waals surface area contributed by atoms with E-state index in [0.717, 1.165) is 30.2 Å². The van der Waals surface area contributed by atoms with Crippen LogP contribution in [0, 0.1) is 0 Å². The van der Waals surface area contributed by atoms with Crippen LogP contribution in [0.15, 0.2) is 18.2 Å². The number of thioether (sulfide) groups is 1. The molecule has 1 N–H and O–H groups in total. The lowest BCUT2D eigenvalue weighted by molar-refractivity contribution is 0.350. The summed E-state index contributed by atoms with van der Waals surface area (Å²) in [6, 6.07) is 6.00. The molecule has 0 aromatic heterocycles. The first-order valence-corrected chi connectivity index (χ1v) is 8.34. The lowest BCUT2D eigenvalue weighted by atomic mass is 10.0. The van der Waals surface area contributed by atoms with E-state index in [4.69, 9.17) is 9.47 Å². The summed E-state index contributed by atoms with van der Waals surface area (Å²) in [5.74, 6) is 1.61. The number of benzene rings is 1. The van der Waals surface area contributed by atoms with Crippen molar-refractivity contribution in [3.05, 3.63) is 23.8 Å². The lowest BCUT2D eigenvalue weighted by Crippen LogP contribution is -2.36. The molecule has 0 unspecified atom stereocenters. The van der Waals surface area contributed by atoms with Gasteiger partial charge in [0.05, 0.1) is 14.2 Å². The Hall–Kier alpha value is -0.870. The second-order valence-corrected chi connectivity index (χ2v) is 6.12. The maximum absolute atomic E-state index is 5.46. The molecule has 0 saturated heterocycles. The molecular formula is C16H27NO2S. The van der Waals surface area contributed by atoms with Gasteiger partial charge in [-0.2, -0.15) is 11.8 Å². The number of methoxy groups -OCH3 is 2. The Balaban J connectivity index is 2.71. The van der Waals surface area contributed by atoms with Gasteiger partial charge in [-0.3, -0.25) is 0 Å². The summed E-state index contributed by atoms with van der Waals surface area (Å²) in [6.07, 6.45) is 4.54. The Morgan fingerprint density at radius 1 is 1.15 bits per heavy atom. The Morgan fingerprint density at radius 2 is 1.85 bits per heavy atom. The minimum Gasteiger partial charge on any atom is -0.493 e. The fraction of sp³-hybridized carbons (Fsp3) is 0.625. The number of para-hydroxylation sites is 1. The second-order valence-electron chi connectivity index (χ2n) is 4.85. The first kappa shape index (κ1) is 17.2. The molecule has 0 radical (unpaired) electrons. The molecule has 4 heteroatoms. The van der Waals surface area contributed by atoms with E-state index in [0.29, 0.717) is 4.75 Å². The molecule has 114 valence electrons. The quantitative estimate of drug-likeness (QED) is 0.752. The normalized spacial score (nSPS) is 11.4. The fourth-order valence-corrected chi connectivity index (χ4v) is 3.20. The summed E-state index contributed by atoms with van der Waals surface area (Å²) in [7, 11) is 3.35. The number of rotatable bonds is 9. The highest BCUT2D eigenvalue weighted by molar-refractivity contribution is 8.00. The SMILES string of the molecule is CCC(CC)(CNCc1cccc(OC)c1OC)SC. The van der Waals surface area contributed by atoms with Crippen LogP contribution in [0.3, 0.4) is 0 Å². The van der Waals surface area contributed by atoms with Crippen molar-refractivity contribution < 1.29 is 9.47 Å². The zero-order valence-corrected chi connectivity index (χ0v) is 14.1. The molecular weight excluding hydrogens is 270 g/mol. The molecule has 0 bridgehead atoms. The summed E-state index contributed by atoms with van der Waals surface area (Å²) >= 11 is 1.95. The van der Waals surface area contributed by atoms with E-state index < -0.39 is 0 Å². The van der Waals surface area contributed by atoms with Crippen LogP contribution >= 0.6 is 11.8 Å². The second kappa shape index (κ2) is 8.42. The van der Waals surface area contributed by atoms with E-state index >= 15 is 0 Å². The van der Waals surface area contributed by atoms with Gasteiger partial charge in [-0.05, 0) is 25.2 Å². The molecule has 0 heterocycles. The van der Waals surface area contributed by atoms with Gasteiger partial charge in [0.2, 0.25) is 0 Å². The predicted molar refractivity (Wildman–Crippen MR) is 88.1 cm³/mol. The molecule has 1 aromatic carbocycles. The van der Waals surface area contributed by atoms with Gasteiger partial charge in [-0.25, -0.2) is 0 Å². The van der Waals surface area contributed by atoms with E-state index in [-0.39, 0.29) is 0 Å². The van der Waals surface area contributed by atoms with Gasteiger partial charge < -0.3 is 14.8 Å². The van der Waals surface area contributed by atoms with E-state index in [2.05, 4.69) is 31.5 Å². The molecule has 0 spiro atoms. The van der Waals surface area contributed by atoms with Crippen LogP contribution in [0.25, 0.3) is 0 Å². The minimum atomic E-state index is 0.325. The van der Waals surface area contributed by atoms with Crippen molar-refractivity contribution in [1.82, 2.24) is 5.32 Å². The van der Waals surface area contributed by atoms with Gasteiger partial charge in [-0.15, -0.1) is 0 Å². The molecule has 0 aliphatic carbocycles. The van der Waals surface area contributed by atoms with E-state index in [1.54, 1.807) is 14.2 Å². The van der Waals surface area contributed by atoms with Gasteiger partial charge in [-0.1, -0.05) is 26.0 Å². The third kappa shape index (κ3) is 4.06. The summed E-state index contributed by atoms with van der Waals surface area (Å²) < 4.78 is 11.1. The highest BCUT2D eigenvalue weighted by Crippen LogP contribution is 2.32. The van der Waals surface area contributed by atoms with Crippen LogP contribution in [-0.2, 0) is 6.54 Å². The standard InChI is InChI=1S/C16H27NO2S/c1-6-16(7-2,20-5)12-17-11-13-9-8-10-14(18-3)15(13)19-4/h8-10,17H,6-7,11-12H2,1-5H3. The molecule has 0 atom stereocenters. The van der Waals surface area contributed by atoms with Crippen LogP contribution in [0.1, 0.15) is 32.3 Å². The summed E-state index contributed by atoms with van der Waals surface area (Å²) in [6.45, 7) is 6.31. The highest BCUT2D eigenvalue weighted by Gasteiger charge is 2.24. The van der Waals surface area contributed by atoms with Gasteiger partial charge in [0, 0.05) is 23.4 Å². The van der Waals surface area contributed by atoms with E-state index in [1.807, 2.05) is 23.9 Å². The highest BCUT2D eigenvalue weighted by atomic mass is 32.2. The van der Waals surface area contributed by atoms with Crippen molar-refractivity contribution in [2.45, 2.75) is 38.0 Å². The number of nitrogens with one attached hydrogen (secondary N) is 1. The van der Waals surface area contributed by atoms with Crippen LogP contribution in [-0.4, -0.2) is 31.8 Å². The molecule has 0 fully saturated rings. The van der Waals surface area contributed by atoms with E-state index in [9.17, 15) is 0 Å². The molecule has 0 aliphatic heterocycles.